The van der Waals surface area contributed by atoms with Gasteiger partial charge in [0.15, 0.2) is 24.0 Å². The maximum Gasteiger partial charge on any atom is 0.306 e. The van der Waals surface area contributed by atoms with E-state index in [4.69, 9.17) is 4.74 Å². The number of rotatable bonds is 6. The zero-order valence-corrected chi connectivity index (χ0v) is 16.6. The van der Waals surface area contributed by atoms with Gasteiger partial charge < -0.3 is 4.74 Å². The van der Waals surface area contributed by atoms with Crippen molar-refractivity contribution < 1.29 is 23.9 Å². The lowest BCUT2D eigenvalue weighted by atomic mass is 9.82. The van der Waals surface area contributed by atoms with Gasteiger partial charge in [0.1, 0.15) is 0 Å². The van der Waals surface area contributed by atoms with E-state index in [2.05, 4.69) is 0 Å². The van der Waals surface area contributed by atoms with Crippen LogP contribution in [-0.2, 0) is 9.53 Å². The van der Waals surface area contributed by atoms with Crippen LogP contribution in [0.4, 0.5) is 0 Å². The predicted octanol–water partition coefficient (Wildman–Crippen LogP) is 4.53. The van der Waals surface area contributed by atoms with E-state index in [0.717, 1.165) is 17.2 Å². The van der Waals surface area contributed by atoms with Crippen LogP contribution in [0.2, 0.25) is 0 Å². The summed E-state index contributed by atoms with van der Waals surface area (Å²) in [6.07, 6.45) is 1.84. The number of hydrogen-bond donors (Lipinski definition) is 0. The molecule has 30 heavy (non-hydrogen) atoms. The average Bonchev–Trinajstić information content (AvgIpc) is 2.78. The van der Waals surface area contributed by atoms with Gasteiger partial charge in [-0.05, 0) is 41.5 Å². The molecule has 4 rings (SSSR count). The lowest BCUT2D eigenvalue weighted by molar-refractivity contribution is -0.142. The Morgan fingerprint density at radius 3 is 2.03 bits per heavy atom. The van der Waals surface area contributed by atoms with Crippen molar-refractivity contribution in [1.29, 1.82) is 0 Å². The molecule has 0 N–H and O–H groups in total. The Morgan fingerprint density at radius 2 is 1.40 bits per heavy atom. The Morgan fingerprint density at radius 1 is 0.800 bits per heavy atom. The zero-order chi connectivity index (χ0) is 21.3. The second kappa shape index (κ2) is 8.03. The van der Waals surface area contributed by atoms with Crippen molar-refractivity contribution in [3.05, 3.63) is 82.4 Å². The number of unbranched alkanes of at least 4 members (excludes halogenated alkanes) is 1. The van der Waals surface area contributed by atoms with Gasteiger partial charge in [-0.3, -0.25) is 19.2 Å². The number of ketones is 3. The monoisotopic (exact) mass is 400 g/mol. The Kier molecular flexibility index (Phi) is 5.27. The number of carbonyl (C=O) groups excluding carboxylic acids is 4. The van der Waals surface area contributed by atoms with Crippen LogP contribution in [0.5, 0.6) is 0 Å². The normalized spacial score (nSPS) is 12.4. The van der Waals surface area contributed by atoms with Crippen LogP contribution in [-0.4, -0.2) is 29.9 Å². The first-order valence-electron chi connectivity index (χ1n) is 9.94. The molecule has 0 saturated heterocycles. The van der Waals surface area contributed by atoms with Crippen molar-refractivity contribution in [1.82, 2.24) is 0 Å². The summed E-state index contributed by atoms with van der Waals surface area (Å²) in [6.45, 7) is 1.58. The maximum atomic E-state index is 13.1. The van der Waals surface area contributed by atoms with E-state index in [1.165, 1.54) is 18.2 Å². The third-order valence-corrected chi connectivity index (χ3v) is 5.30. The molecule has 1 aliphatic rings. The van der Waals surface area contributed by atoms with Crippen molar-refractivity contribution in [2.24, 2.45) is 0 Å². The molecule has 0 radical (unpaired) electrons. The molecule has 0 atom stereocenters. The minimum atomic E-state index is -0.421. The summed E-state index contributed by atoms with van der Waals surface area (Å²) in [7, 11) is 0. The number of carbonyl (C=O) groups is 4. The number of hydrogen-bond acceptors (Lipinski definition) is 5. The molecule has 0 fully saturated rings. The molecule has 0 amide bonds. The fourth-order valence-corrected chi connectivity index (χ4v) is 3.63. The van der Waals surface area contributed by atoms with Crippen molar-refractivity contribution in [3.8, 4) is 0 Å². The quantitative estimate of drug-likeness (QED) is 0.351. The van der Waals surface area contributed by atoms with Crippen LogP contribution in [0.25, 0.3) is 10.8 Å². The highest BCUT2D eigenvalue weighted by molar-refractivity contribution is 6.30. The minimum absolute atomic E-state index is 0.200. The topological polar surface area (TPSA) is 77.5 Å². The zero-order valence-electron chi connectivity index (χ0n) is 16.6. The molecular weight excluding hydrogens is 380 g/mol. The molecule has 0 saturated carbocycles. The average molecular weight is 400 g/mol. The van der Waals surface area contributed by atoms with Gasteiger partial charge in [0.25, 0.3) is 0 Å². The maximum absolute atomic E-state index is 13.1. The molecule has 0 unspecified atom stereocenters. The van der Waals surface area contributed by atoms with Crippen LogP contribution < -0.4 is 0 Å². The van der Waals surface area contributed by atoms with E-state index >= 15 is 0 Å². The molecule has 5 nitrogen and oxygen atoms in total. The van der Waals surface area contributed by atoms with Gasteiger partial charge in [0, 0.05) is 34.2 Å². The molecule has 3 aromatic rings. The highest BCUT2D eigenvalue weighted by Crippen LogP contribution is 2.31. The summed E-state index contributed by atoms with van der Waals surface area (Å²) in [5, 5.41) is 1.75. The second-order valence-corrected chi connectivity index (χ2v) is 7.35. The molecule has 1 aliphatic carbocycles. The molecule has 0 aliphatic heterocycles. The third kappa shape index (κ3) is 3.54. The number of Topliss-reactive ketones (excluding diaryl/α,β-unsaturated/α-hetero) is 1. The standard InChI is InChI=1S/C25H20O5/c1-2-3-8-23(27)30-14-22(26)17-9-10-18-19(13-17)25(29)21-12-16-7-5-4-6-15(16)11-20(21)24(18)28/h4-7,9-13H,2-3,8,14H2,1H3. The van der Waals surface area contributed by atoms with Crippen LogP contribution in [0.3, 0.4) is 0 Å². The van der Waals surface area contributed by atoms with E-state index < -0.39 is 11.8 Å². The lowest BCUT2D eigenvalue weighted by Gasteiger charge is -2.19. The van der Waals surface area contributed by atoms with Crippen molar-refractivity contribution in [2.75, 3.05) is 6.61 Å². The predicted molar refractivity (Wildman–Crippen MR) is 112 cm³/mol. The summed E-state index contributed by atoms with van der Waals surface area (Å²) in [5.41, 5.74) is 1.42. The Hall–Kier alpha value is -3.60. The Balaban J connectivity index is 1.63. The fourth-order valence-electron chi connectivity index (χ4n) is 3.63. The lowest BCUT2D eigenvalue weighted by Crippen LogP contribution is -2.22. The van der Waals surface area contributed by atoms with Crippen LogP contribution in [0, 0.1) is 0 Å². The van der Waals surface area contributed by atoms with Crippen molar-refractivity contribution in [3.63, 3.8) is 0 Å². The van der Waals surface area contributed by atoms with Gasteiger partial charge in [0.05, 0.1) is 0 Å². The number of ether oxygens (including phenoxy) is 1. The van der Waals surface area contributed by atoms with Crippen LogP contribution >= 0.6 is 0 Å². The first kappa shape index (κ1) is 19.7. The van der Waals surface area contributed by atoms with Crippen molar-refractivity contribution in [2.45, 2.75) is 26.2 Å². The molecule has 0 heterocycles. The van der Waals surface area contributed by atoms with Gasteiger partial charge >= 0.3 is 5.97 Å². The smallest absolute Gasteiger partial charge is 0.306 e. The van der Waals surface area contributed by atoms with E-state index in [-0.39, 0.29) is 41.3 Å². The van der Waals surface area contributed by atoms with Crippen LogP contribution in [0.15, 0.2) is 54.6 Å². The summed E-state index contributed by atoms with van der Waals surface area (Å²) in [5.74, 6) is -1.36. The largest absolute Gasteiger partial charge is 0.457 e. The van der Waals surface area contributed by atoms with Gasteiger partial charge in [-0.25, -0.2) is 0 Å². The molecule has 0 aromatic heterocycles. The van der Waals surface area contributed by atoms with E-state index in [9.17, 15) is 19.2 Å². The Labute approximate surface area is 173 Å². The fraction of sp³-hybridized carbons (Fsp3) is 0.200. The van der Waals surface area contributed by atoms with E-state index in [0.29, 0.717) is 17.5 Å². The van der Waals surface area contributed by atoms with Crippen molar-refractivity contribution >= 4 is 34.1 Å². The molecule has 3 aromatic carbocycles. The van der Waals surface area contributed by atoms with Gasteiger partial charge in [-0.15, -0.1) is 0 Å². The summed E-state index contributed by atoms with van der Waals surface area (Å²) in [6, 6.07) is 15.4. The van der Waals surface area contributed by atoms with Gasteiger partial charge in [-0.1, -0.05) is 43.7 Å². The highest BCUT2D eigenvalue weighted by Gasteiger charge is 2.30. The minimum Gasteiger partial charge on any atom is -0.457 e. The molecular formula is C25H20O5. The van der Waals surface area contributed by atoms with Gasteiger partial charge in [0.2, 0.25) is 0 Å². The third-order valence-electron chi connectivity index (χ3n) is 5.30. The first-order chi connectivity index (χ1) is 14.5. The van der Waals surface area contributed by atoms with E-state index in [1.807, 2.05) is 31.2 Å². The molecule has 0 spiro atoms. The van der Waals surface area contributed by atoms with Gasteiger partial charge in [-0.2, -0.15) is 0 Å². The second-order valence-electron chi connectivity index (χ2n) is 7.35. The summed E-state index contributed by atoms with van der Waals surface area (Å²) in [4.78, 5) is 50.2. The summed E-state index contributed by atoms with van der Waals surface area (Å²) < 4.78 is 5.02. The molecule has 150 valence electrons. The number of esters is 1. The van der Waals surface area contributed by atoms with Crippen LogP contribution in [0.1, 0.15) is 68.4 Å². The molecule has 0 bridgehead atoms. The highest BCUT2D eigenvalue weighted by atomic mass is 16.5. The first-order valence-corrected chi connectivity index (χ1v) is 9.94. The molecule has 5 heteroatoms. The van der Waals surface area contributed by atoms with E-state index in [1.54, 1.807) is 12.1 Å². The summed E-state index contributed by atoms with van der Waals surface area (Å²) >= 11 is 0. The Bertz CT molecular complexity index is 1210. The number of fused-ring (bicyclic) bond motifs is 3. The number of benzene rings is 3. The SMILES string of the molecule is CCCCC(=O)OCC(=O)c1ccc2c(c1)C(=O)c1cc3ccccc3cc1C2=O.